The van der Waals surface area contributed by atoms with Crippen LogP contribution >= 0.6 is 35.3 Å². The molecule has 1 fully saturated rings. The van der Waals surface area contributed by atoms with Crippen molar-refractivity contribution in [3.8, 4) is 11.1 Å². The maximum absolute atomic E-state index is 13.6. The zero-order valence-electron chi connectivity index (χ0n) is 19.0. The van der Waals surface area contributed by atoms with Gasteiger partial charge in [0.15, 0.2) is 11.6 Å². The lowest BCUT2D eigenvalue weighted by Gasteiger charge is -2.15. The Morgan fingerprint density at radius 1 is 1.11 bits per heavy atom. The summed E-state index contributed by atoms with van der Waals surface area (Å²) in [5.41, 5.74) is 7.82. The summed E-state index contributed by atoms with van der Waals surface area (Å²) in [6.07, 6.45) is 1.63. The highest BCUT2D eigenvalue weighted by molar-refractivity contribution is 8.26. The largest absolute Gasteiger partial charge is 0.478 e. The number of benzene rings is 2. The summed E-state index contributed by atoms with van der Waals surface area (Å²) in [6.45, 7) is 0.0975. The third-order valence-corrected chi connectivity index (χ3v) is 7.69. The minimum atomic E-state index is -1.10. The molecule has 7 nitrogen and oxygen atoms in total. The van der Waals surface area contributed by atoms with Crippen molar-refractivity contribution < 1.29 is 28.3 Å². The second-order valence-corrected chi connectivity index (χ2v) is 10.5. The summed E-state index contributed by atoms with van der Waals surface area (Å²) in [5.74, 6) is -3.68. The number of rotatable bonds is 8. The highest BCUT2D eigenvalue weighted by Crippen LogP contribution is 2.35. The van der Waals surface area contributed by atoms with E-state index in [2.05, 4.69) is 5.32 Å². The van der Waals surface area contributed by atoms with Crippen molar-refractivity contribution in [3.05, 3.63) is 80.4 Å². The minimum absolute atomic E-state index is 0.0380. The first kappa shape index (κ1) is 26.6. The van der Waals surface area contributed by atoms with Crippen LogP contribution in [0.3, 0.4) is 0 Å². The topological polar surface area (TPSA) is 113 Å². The number of carboxylic acid groups (broad SMARTS) is 1. The number of hydrogen-bond donors (Lipinski definition) is 3. The first-order valence-electron chi connectivity index (χ1n) is 10.8. The molecule has 3 aromatic rings. The Hall–Kier alpha value is -3.45. The maximum atomic E-state index is 13.6. The van der Waals surface area contributed by atoms with E-state index >= 15 is 0 Å². The Kier molecular flexibility index (Phi) is 8.13. The van der Waals surface area contributed by atoms with E-state index in [1.54, 1.807) is 17.5 Å². The highest BCUT2D eigenvalue weighted by atomic mass is 32.2. The number of thiophene rings is 1. The number of carbonyl (C=O) groups excluding carboxylic acids is 2. The fourth-order valence-corrected chi connectivity index (χ4v) is 5.74. The second-order valence-electron chi connectivity index (χ2n) is 7.88. The van der Waals surface area contributed by atoms with Gasteiger partial charge in [-0.05, 0) is 64.5 Å². The van der Waals surface area contributed by atoms with Crippen LogP contribution in [0.5, 0.6) is 0 Å². The van der Waals surface area contributed by atoms with Crippen molar-refractivity contribution in [2.45, 2.75) is 13.0 Å². The molecular weight excluding hydrogens is 540 g/mol. The highest BCUT2D eigenvalue weighted by Gasteiger charge is 2.32. The lowest BCUT2D eigenvalue weighted by molar-refractivity contribution is -0.122. The van der Waals surface area contributed by atoms with Crippen molar-refractivity contribution in [2.24, 2.45) is 5.73 Å². The van der Waals surface area contributed by atoms with Crippen LogP contribution in [0.1, 0.15) is 27.2 Å². The van der Waals surface area contributed by atoms with E-state index in [9.17, 15) is 23.2 Å². The summed E-state index contributed by atoms with van der Waals surface area (Å²) < 4.78 is 27.1. The number of halogens is 2. The normalized spacial score (nSPS) is 14.5. The molecule has 1 aliphatic heterocycles. The molecule has 0 atom stereocenters. The molecule has 0 radical (unpaired) electrons. The van der Waals surface area contributed by atoms with Gasteiger partial charge in [0.05, 0.1) is 10.5 Å². The number of carboxylic acids is 1. The molecular formula is C25H19F2N3O4S3. The van der Waals surface area contributed by atoms with Gasteiger partial charge in [-0.15, -0.1) is 11.3 Å². The zero-order chi connectivity index (χ0) is 26.7. The molecule has 4 N–H and O–H groups in total. The van der Waals surface area contributed by atoms with Crippen LogP contribution in [0.4, 0.5) is 14.5 Å². The molecule has 37 heavy (non-hydrogen) atoms. The van der Waals surface area contributed by atoms with Crippen LogP contribution in [-0.4, -0.2) is 38.7 Å². The van der Waals surface area contributed by atoms with Gasteiger partial charge in [-0.1, -0.05) is 30.0 Å². The van der Waals surface area contributed by atoms with Gasteiger partial charge >= 0.3 is 5.97 Å². The van der Waals surface area contributed by atoms with Crippen molar-refractivity contribution >= 4 is 69.2 Å². The number of carbonyl (C=O) groups is 3. The third-order valence-electron chi connectivity index (χ3n) is 5.43. The van der Waals surface area contributed by atoms with Gasteiger partial charge in [-0.25, -0.2) is 13.6 Å². The Morgan fingerprint density at radius 3 is 2.59 bits per heavy atom. The van der Waals surface area contributed by atoms with Crippen molar-refractivity contribution in [1.29, 1.82) is 0 Å². The van der Waals surface area contributed by atoms with Gasteiger partial charge in [0.25, 0.3) is 5.91 Å². The molecule has 190 valence electrons. The average Bonchev–Trinajstić information content (AvgIpc) is 3.43. The standard InChI is InChI=1S/C25H19F2N3O4S3/c26-18-3-1-13(9-19(18)27)16-8-17(36-12-16)10-21-23(32)30(25(35)37-21)6-5-22(31)29-20-4-2-14(24(33)34)7-15(20)11-28/h1-4,7-10,12H,5-6,11,28H2,(H,29,31)(H,33,34). The SMILES string of the molecule is NCc1cc(C(=O)O)ccc1NC(=O)CCN1C(=O)C(=Cc2cc(-c3ccc(F)c(F)c3)cs2)SC1=S. The molecule has 0 bridgehead atoms. The number of hydrogen-bond acceptors (Lipinski definition) is 7. The molecule has 0 unspecified atom stereocenters. The van der Waals surface area contributed by atoms with Crippen molar-refractivity contribution in [3.63, 3.8) is 0 Å². The smallest absolute Gasteiger partial charge is 0.335 e. The van der Waals surface area contributed by atoms with Gasteiger partial charge in [0.2, 0.25) is 5.91 Å². The molecule has 1 aliphatic rings. The number of nitrogens with two attached hydrogens (primary N) is 1. The van der Waals surface area contributed by atoms with Gasteiger partial charge < -0.3 is 16.2 Å². The van der Waals surface area contributed by atoms with Gasteiger partial charge in [-0.3, -0.25) is 14.5 Å². The molecule has 0 aliphatic carbocycles. The van der Waals surface area contributed by atoms with Gasteiger partial charge in [0, 0.05) is 30.1 Å². The molecule has 2 amide bonds. The van der Waals surface area contributed by atoms with E-state index in [1.807, 2.05) is 0 Å². The van der Waals surface area contributed by atoms with E-state index in [-0.39, 0.29) is 36.9 Å². The van der Waals surface area contributed by atoms with E-state index in [4.69, 9.17) is 23.1 Å². The zero-order valence-corrected chi connectivity index (χ0v) is 21.4. The first-order valence-corrected chi connectivity index (χ1v) is 12.9. The number of amides is 2. The Labute approximate surface area is 224 Å². The summed E-state index contributed by atoms with van der Waals surface area (Å²) in [4.78, 5) is 39.0. The number of nitrogens with zero attached hydrogens (tertiary/aromatic N) is 1. The van der Waals surface area contributed by atoms with E-state index in [0.717, 1.165) is 28.8 Å². The lowest BCUT2D eigenvalue weighted by atomic mass is 10.1. The molecule has 0 saturated carbocycles. The van der Waals surface area contributed by atoms with Crippen LogP contribution in [0.2, 0.25) is 0 Å². The van der Waals surface area contributed by atoms with Gasteiger partial charge in [-0.2, -0.15) is 0 Å². The third kappa shape index (κ3) is 6.10. The molecule has 1 aromatic heterocycles. The van der Waals surface area contributed by atoms with Crippen LogP contribution in [0, 0.1) is 11.6 Å². The van der Waals surface area contributed by atoms with Crippen LogP contribution in [-0.2, 0) is 16.1 Å². The predicted octanol–water partition coefficient (Wildman–Crippen LogP) is 5.08. The number of thioether (sulfide) groups is 1. The predicted molar refractivity (Wildman–Crippen MR) is 144 cm³/mol. The van der Waals surface area contributed by atoms with Crippen LogP contribution in [0.15, 0.2) is 52.7 Å². The molecule has 2 aromatic carbocycles. The second kappa shape index (κ2) is 11.3. The Bertz CT molecular complexity index is 1450. The van der Waals surface area contributed by atoms with E-state index < -0.39 is 17.6 Å². The molecule has 2 heterocycles. The molecule has 0 spiro atoms. The van der Waals surface area contributed by atoms with Crippen LogP contribution < -0.4 is 11.1 Å². The molecule has 1 saturated heterocycles. The molecule has 12 heteroatoms. The summed E-state index contributed by atoms with van der Waals surface area (Å²) in [5, 5.41) is 13.6. The molecule has 4 rings (SSSR count). The number of anilines is 1. The van der Waals surface area contributed by atoms with Crippen molar-refractivity contribution in [1.82, 2.24) is 4.90 Å². The Morgan fingerprint density at radius 2 is 1.89 bits per heavy atom. The Balaban J connectivity index is 1.39. The average molecular weight is 560 g/mol. The maximum Gasteiger partial charge on any atom is 0.335 e. The first-order chi connectivity index (χ1) is 17.7. The summed E-state index contributed by atoms with van der Waals surface area (Å²) in [6, 6.07) is 9.66. The van der Waals surface area contributed by atoms with Gasteiger partial charge in [0.1, 0.15) is 4.32 Å². The summed E-state index contributed by atoms with van der Waals surface area (Å²) in [7, 11) is 0. The quantitative estimate of drug-likeness (QED) is 0.261. The van der Waals surface area contributed by atoms with E-state index in [1.165, 1.54) is 40.5 Å². The lowest BCUT2D eigenvalue weighted by Crippen LogP contribution is -2.31. The van der Waals surface area contributed by atoms with Crippen LogP contribution in [0.25, 0.3) is 17.2 Å². The fraction of sp³-hybridized carbons (Fsp3) is 0.120. The fourth-order valence-electron chi connectivity index (χ4n) is 3.52. The number of thiocarbonyl (C=S) groups is 1. The minimum Gasteiger partial charge on any atom is -0.478 e. The number of nitrogens with one attached hydrogen (secondary N) is 1. The van der Waals surface area contributed by atoms with Crippen molar-refractivity contribution in [2.75, 3.05) is 11.9 Å². The number of aromatic carboxylic acids is 1. The monoisotopic (exact) mass is 559 g/mol. The summed E-state index contributed by atoms with van der Waals surface area (Å²) >= 11 is 7.78. The van der Waals surface area contributed by atoms with E-state index in [0.29, 0.717) is 31.6 Å².